The number of benzene rings is 1. The molecule has 0 fully saturated rings. The summed E-state index contributed by atoms with van der Waals surface area (Å²) in [5.41, 5.74) is 3.41. The Morgan fingerprint density at radius 3 is 2.64 bits per heavy atom. The van der Waals surface area contributed by atoms with Gasteiger partial charge in [0.05, 0.1) is 11.5 Å². The monoisotopic (exact) mass is 315 g/mol. The first kappa shape index (κ1) is 14.8. The first-order valence-corrected chi connectivity index (χ1v) is 8.01. The minimum Gasteiger partial charge on any atom is -0.481 e. The number of aliphatic carboxylic acids is 1. The van der Waals surface area contributed by atoms with E-state index in [2.05, 4.69) is 0 Å². The van der Waals surface area contributed by atoms with Crippen molar-refractivity contribution >= 4 is 23.2 Å². The first-order valence-electron chi connectivity index (χ1n) is 7.13. The van der Waals surface area contributed by atoms with Gasteiger partial charge < -0.3 is 10.0 Å². The van der Waals surface area contributed by atoms with Gasteiger partial charge in [-0.05, 0) is 30.5 Å². The van der Waals surface area contributed by atoms with E-state index in [9.17, 15) is 14.7 Å². The Bertz CT molecular complexity index is 750. The number of fused-ring (bicyclic) bond motifs is 1. The Balaban J connectivity index is 1.95. The smallest absolute Gasteiger partial charge is 0.312 e. The summed E-state index contributed by atoms with van der Waals surface area (Å²) in [5, 5.41) is 11.3. The summed E-state index contributed by atoms with van der Waals surface area (Å²) in [6.45, 7) is 4.61. The average molecular weight is 315 g/mol. The van der Waals surface area contributed by atoms with Crippen molar-refractivity contribution < 1.29 is 14.7 Å². The van der Waals surface area contributed by atoms with Crippen molar-refractivity contribution in [2.45, 2.75) is 26.3 Å². The second-order valence-corrected chi connectivity index (χ2v) is 6.69. The third-order valence-corrected chi connectivity index (χ3v) is 5.31. The minimum absolute atomic E-state index is 0.0809. The highest BCUT2D eigenvalue weighted by Crippen LogP contribution is 2.31. The number of nitrogens with zero attached hydrogens (tertiary/aromatic N) is 1. The van der Waals surface area contributed by atoms with Crippen LogP contribution in [0, 0.1) is 13.8 Å². The summed E-state index contributed by atoms with van der Waals surface area (Å²) in [5.74, 6) is -1.63. The molecule has 2 heterocycles. The molecule has 3 rings (SSSR count). The molecule has 1 aliphatic heterocycles. The quantitative estimate of drug-likeness (QED) is 0.926. The van der Waals surface area contributed by atoms with Crippen LogP contribution in [0.5, 0.6) is 0 Å². The second-order valence-electron chi connectivity index (χ2n) is 5.61. The van der Waals surface area contributed by atoms with Gasteiger partial charge in [0.25, 0.3) is 5.91 Å². The summed E-state index contributed by atoms with van der Waals surface area (Å²) in [6.07, 6.45) is 0. The summed E-state index contributed by atoms with van der Waals surface area (Å²) < 4.78 is 0. The number of carboxylic acids is 1. The van der Waals surface area contributed by atoms with Gasteiger partial charge in [0.2, 0.25) is 0 Å². The van der Waals surface area contributed by atoms with Gasteiger partial charge in [0.15, 0.2) is 0 Å². The summed E-state index contributed by atoms with van der Waals surface area (Å²) >= 11 is 1.55. The summed E-state index contributed by atoms with van der Waals surface area (Å²) in [6, 6.07) is 7.47. The standard InChI is InChI=1S/C17H17NO3S/c1-10-11(2)22-9-15(10)16(19)18-7-12-5-3-4-6-13(12)14(8-18)17(20)21/h3-6,9,14H,7-8H2,1-2H3,(H,20,21). The lowest BCUT2D eigenvalue weighted by atomic mass is 9.89. The SMILES string of the molecule is Cc1scc(C(=O)N2Cc3ccccc3C(C(=O)O)C2)c1C. The number of carbonyl (C=O) groups excluding carboxylic acids is 1. The van der Waals surface area contributed by atoms with Gasteiger partial charge in [-0.3, -0.25) is 9.59 Å². The number of thiophene rings is 1. The van der Waals surface area contributed by atoms with Crippen molar-refractivity contribution in [1.29, 1.82) is 0 Å². The number of carbonyl (C=O) groups is 2. The molecule has 4 nitrogen and oxygen atoms in total. The molecule has 22 heavy (non-hydrogen) atoms. The fraction of sp³-hybridized carbons (Fsp3) is 0.294. The van der Waals surface area contributed by atoms with E-state index in [-0.39, 0.29) is 12.5 Å². The fourth-order valence-electron chi connectivity index (χ4n) is 2.87. The van der Waals surface area contributed by atoms with Gasteiger partial charge in [0, 0.05) is 23.3 Å². The molecule has 1 aromatic heterocycles. The molecule has 0 spiro atoms. The summed E-state index contributed by atoms with van der Waals surface area (Å²) in [4.78, 5) is 27.1. The highest BCUT2D eigenvalue weighted by Gasteiger charge is 2.33. The van der Waals surface area contributed by atoms with E-state index < -0.39 is 11.9 Å². The Kier molecular flexibility index (Phi) is 3.74. The van der Waals surface area contributed by atoms with E-state index in [1.165, 1.54) is 0 Å². The topological polar surface area (TPSA) is 57.6 Å². The molecule has 1 aromatic carbocycles. The van der Waals surface area contributed by atoms with Crippen molar-refractivity contribution in [3.05, 3.63) is 56.8 Å². The van der Waals surface area contributed by atoms with Crippen LogP contribution < -0.4 is 0 Å². The molecule has 2 aromatic rings. The maximum absolute atomic E-state index is 12.8. The molecule has 0 saturated heterocycles. The number of carboxylic acid groups (broad SMARTS) is 1. The van der Waals surface area contributed by atoms with Gasteiger partial charge in [-0.15, -0.1) is 11.3 Å². The normalized spacial score (nSPS) is 17.2. The maximum atomic E-state index is 12.8. The molecule has 1 amide bonds. The molecule has 0 aliphatic carbocycles. The molecule has 1 N–H and O–H groups in total. The Labute approximate surface area is 133 Å². The van der Waals surface area contributed by atoms with Crippen LogP contribution in [0.25, 0.3) is 0 Å². The second kappa shape index (κ2) is 5.57. The van der Waals surface area contributed by atoms with Crippen LogP contribution in [0.2, 0.25) is 0 Å². The zero-order valence-corrected chi connectivity index (χ0v) is 13.3. The fourth-order valence-corrected chi connectivity index (χ4v) is 3.73. The highest BCUT2D eigenvalue weighted by molar-refractivity contribution is 7.10. The van der Waals surface area contributed by atoms with Crippen LogP contribution in [-0.2, 0) is 11.3 Å². The average Bonchev–Trinajstić information content (AvgIpc) is 2.85. The molecule has 1 atom stereocenters. The van der Waals surface area contributed by atoms with Crippen molar-refractivity contribution in [2.75, 3.05) is 6.54 Å². The van der Waals surface area contributed by atoms with Crippen LogP contribution in [0.15, 0.2) is 29.6 Å². The van der Waals surface area contributed by atoms with Crippen LogP contribution in [0.3, 0.4) is 0 Å². The number of hydrogen-bond donors (Lipinski definition) is 1. The van der Waals surface area contributed by atoms with E-state index in [4.69, 9.17) is 0 Å². The van der Waals surface area contributed by atoms with Crippen molar-refractivity contribution in [2.24, 2.45) is 0 Å². The van der Waals surface area contributed by atoms with Crippen LogP contribution in [0.4, 0.5) is 0 Å². The van der Waals surface area contributed by atoms with E-state index in [1.807, 2.05) is 43.5 Å². The lowest BCUT2D eigenvalue weighted by molar-refractivity contribution is -0.139. The predicted molar refractivity (Wildman–Crippen MR) is 85.4 cm³/mol. The third kappa shape index (κ3) is 2.41. The molecule has 114 valence electrons. The molecular weight excluding hydrogens is 298 g/mol. The number of hydrogen-bond acceptors (Lipinski definition) is 3. The number of amides is 1. The largest absolute Gasteiger partial charge is 0.481 e. The zero-order valence-electron chi connectivity index (χ0n) is 12.5. The van der Waals surface area contributed by atoms with Gasteiger partial charge >= 0.3 is 5.97 Å². The number of rotatable bonds is 2. The van der Waals surface area contributed by atoms with Crippen LogP contribution >= 0.6 is 11.3 Å². The van der Waals surface area contributed by atoms with Gasteiger partial charge in [-0.2, -0.15) is 0 Å². The van der Waals surface area contributed by atoms with Gasteiger partial charge in [-0.1, -0.05) is 24.3 Å². The van der Waals surface area contributed by atoms with Crippen LogP contribution in [-0.4, -0.2) is 28.4 Å². The van der Waals surface area contributed by atoms with Gasteiger partial charge in [-0.25, -0.2) is 0 Å². The minimum atomic E-state index is -0.886. The Morgan fingerprint density at radius 1 is 1.27 bits per heavy atom. The molecule has 0 bridgehead atoms. The molecular formula is C17H17NO3S. The molecule has 1 unspecified atom stereocenters. The van der Waals surface area contributed by atoms with E-state index in [1.54, 1.807) is 16.2 Å². The predicted octanol–water partition coefficient (Wildman–Crippen LogP) is 3.19. The molecule has 0 radical (unpaired) electrons. The Hall–Kier alpha value is -2.14. The lowest BCUT2D eigenvalue weighted by Crippen LogP contribution is -2.40. The van der Waals surface area contributed by atoms with Crippen molar-refractivity contribution in [3.8, 4) is 0 Å². The number of aryl methyl sites for hydroxylation is 1. The van der Waals surface area contributed by atoms with Crippen molar-refractivity contribution in [1.82, 2.24) is 4.90 Å². The lowest BCUT2D eigenvalue weighted by Gasteiger charge is -2.32. The maximum Gasteiger partial charge on any atom is 0.312 e. The highest BCUT2D eigenvalue weighted by atomic mass is 32.1. The first-order chi connectivity index (χ1) is 10.5. The summed E-state index contributed by atoms with van der Waals surface area (Å²) in [7, 11) is 0. The molecule has 5 heteroatoms. The van der Waals surface area contributed by atoms with E-state index in [0.717, 1.165) is 21.6 Å². The zero-order chi connectivity index (χ0) is 15.9. The van der Waals surface area contributed by atoms with E-state index >= 15 is 0 Å². The van der Waals surface area contributed by atoms with Crippen molar-refractivity contribution in [3.63, 3.8) is 0 Å². The van der Waals surface area contributed by atoms with Crippen LogP contribution in [0.1, 0.15) is 37.8 Å². The Morgan fingerprint density at radius 2 is 2.00 bits per heavy atom. The third-order valence-electron chi connectivity index (χ3n) is 4.30. The van der Waals surface area contributed by atoms with E-state index in [0.29, 0.717) is 12.1 Å². The molecule has 1 aliphatic rings. The van der Waals surface area contributed by atoms with Gasteiger partial charge in [0.1, 0.15) is 0 Å². The molecule has 0 saturated carbocycles.